The molecule has 0 spiro atoms. The van der Waals surface area contributed by atoms with Crippen LogP contribution in [0.4, 0.5) is 0 Å². The summed E-state index contributed by atoms with van der Waals surface area (Å²) in [6, 6.07) is 22.3. The fraction of sp³-hybridized carbons (Fsp3) is 0.0909. The number of para-hydroxylation sites is 1. The van der Waals surface area contributed by atoms with Gasteiger partial charge in [0.25, 0.3) is 0 Å². The van der Waals surface area contributed by atoms with Crippen LogP contribution in [0.15, 0.2) is 66.7 Å². The van der Waals surface area contributed by atoms with Crippen molar-refractivity contribution in [3.05, 3.63) is 77.9 Å². The number of hydrogen-bond acceptors (Lipinski definition) is 0. The van der Waals surface area contributed by atoms with E-state index in [4.69, 9.17) is 0 Å². The molecule has 0 saturated carbocycles. The van der Waals surface area contributed by atoms with E-state index in [1.165, 1.54) is 44.1 Å². The maximum absolute atomic E-state index is 2.33. The summed E-state index contributed by atoms with van der Waals surface area (Å²) < 4.78 is 2.28. The minimum Gasteiger partial charge on any atom is -0.344 e. The van der Waals surface area contributed by atoms with E-state index < -0.39 is 0 Å². The summed E-state index contributed by atoms with van der Waals surface area (Å²) in [6.45, 7) is 0. The van der Waals surface area contributed by atoms with Gasteiger partial charge in [-0.3, -0.25) is 0 Å². The highest BCUT2D eigenvalue weighted by molar-refractivity contribution is 6.09. The third kappa shape index (κ3) is 1.80. The molecule has 0 aliphatic heterocycles. The number of fused-ring (bicyclic) bond motifs is 4. The Bertz CT molecular complexity index is 1100. The summed E-state index contributed by atoms with van der Waals surface area (Å²) in [5, 5.41) is 2.66. The summed E-state index contributed by atoms with van der Waals surface area (Å²) >= 11 is 0. The molecule has 1 aromatic heterocycles. The molecule has 4 aromatic rings. The highest BCUT2D eigenvalue weighted by atomic mass is 14.9. The van der Waals surface area contributed by atoms with Crippen LogP contribution < -0.4 is 0 Å². The zero-order valence-corrected chi connectivity index (χ0v) is 13.1. The van der Waals surface area contributed by atoms with E-state index in [0.29, 0.717) is 0 Å². The third-order valence-electron chi connectivity index (χ3n) is 5.03. The molecular weight excluding hydrogens is 278 g/mol. The van der Waals surface area contributed by atoms with Gasteiger partial charge in [-0.05, 0) is 52.9 Å². The van der Waals surface area contributed by atoms with Crippen LogP contribution in [0.2, 0.25) is 0 Å². The van der Waals surface area contributed by atoms with Crippen molar-refractivity contribution in [3.8, 4) is 11.1 Å². The lowest BCUT2D eigenvalue weighted by Crippen LogP contribution is -1.87. The number of benzene rings is 3. The Kier molecular flexibility index (Phi) is 2.54. The van der Waals surface area contributed by atoms with E-state index in [1.807, 2.05) is 0 Å². The first-order valence-corrected chi connectivity index (χ1v) is 8.08. The number of allylic oxidation sites excluding steroid dienone is 1. The Labute approximate surface area is 135 Å². The van der Waals surface area contributed by atoms with Crippen molar-refractivity contribution in [1.29, 1.82) is 0 Å². The molecule has 0 saturated heterocycles. The molecule has 0 radical (unpaired) electrons. The van der Waals surface area contributed by atoms with Crippen LogP contribution >= 0.6 is 0 Å². The molecule has 3 aromatic carbocycles. The summed E-state index contributed by atoms with van der Waals surface area (Å²) in [4.78, 5) is 0. The van der Waals surface area contributed by atoms with Crippen LogP contribution in [-0.4, -0.2) is 4.57 Å². The van der Waals surface area contributed by atoms with Gasteiger partial charge in [-0.2, -0.15) is 0 Å². The van der Waals surface area contributed by atoms with Gasteiger partial charge in [-0.1, -0.05) is 48.6 Å². The monoisotopic (exact) mass is 295 g/mol. The molecule has 0 amide bonds. The average Bonchev–Trinajstić information content (AvgIpc) is 3.18. The molecule has 0 atom stereocenters. The van der Waals surface area contributed by atoms with Gasteiger partial charge >= 0.3 is 0 Å². The minimum atomic E-state index is 1.07. The first kappa shape index (κ1) is 12.7. The molecule has 1 aliphatic carbocycles. The Morgan fingerprint density at radius 3 is 2.52 bits per heavy atom. The van der Waals surface area contributed by atoms with E-state index in [1.54, 1.807) is 0 Å². The number of aromatic nitrogens is 1. The predicted molar refractivity (Wildman–Crippen MR) is 98.6 cm³/mol. The van der Waals surface area contributed by atoms with Crippen molar-refractivity contribution >= 4 is 27.9 Å². The number of aryl methyl sites for hydroxylation is 1. The van der Waals surface area contributed by atoms with Gasteiger partial charge in [-0.15, -0.1) is 0 Å². The Balaban J connectivity index is 1.77. The smallest absolute Gasteiger partial charge is 0.0489 e. The number of rotatable bonds is 1. The fourth-order valence-electron chi connectivity index (χ4n) is 3.78. The number of nitrogens with zero attached hydrogens (tertiary/aromatic N) is 1. The second-order valence-electron chi connectivity index (χ2n) is 6.33. The van der Waals surface area contributed by atoms with E-state index in [9.17, 15) is 0 Å². The summed E-state index contributed by atoms with van der Waals surface area (Å²) in [7, 11) is 2.14. The van der Waals surface area contributed by atoms with E-state index in [-0.39, 0.29) is 0 Å². The summed E-state index contributed by atoms with van der Waals surface area (Å²) in [5.41, 5.74) is 7.95. The lowest BCUT2D eigenvalue weighted by Gasteiger charge is -2.06. The maximum Gasteiger partial charge on any atom is 0.0489 e. The normalized spacial score (nSPS) is 13.1. The molecule has 1 nitrogen and oxygen atoms in total. The molecule has 0 N–H and O–H groups in total. The first-order valence-electron chi connectivity index (χ1n) is 8.08. The lowest BCUT2D eigenvalue weighted by atomic mass is 9.99. The molecule has 1 heteroatoms. The molecule has 0 bridgehead atoms. The van der Waals surface area contributed by atoms with E-state index >= 15 is 0 Å². The van der Waals surface area contributed by atoms with Gasteiger partial charge in [0.1, 0.15) is 0 Å². The highest BCUT2D eigenvalue weighted by Crippen LogP contribution is 2.33. The Hall–Kier alpha value is -2.80. The van der Waals surface area contributed by atoms with Gasteiger partial charge in [0.2, 0.25) is 0 Å². The average molecular weight is 295 g/mol. The maximum atomic E-state index is 2.33. The molecular formula is C22H17N. The fourth-order valence-corrected chi connectivity index (χ4v) is 3.78. The zero-order valence-electron chi connectivity index (χ0n) is 13.1. The minimum absolute atomic E-state index is 1.07. The van der Waals surface area contributed by atoms with Crippen molar-refractivity contribution in [1.82, 2.24) is 4.57 Å². The van der Waals surface area contributed by atoms with Crippen LogP contribution in [0.3, 0.4) is 0 Å². The zero-order chi connectivity index (χ0) is 15.4. The molecule has 110 valence electrons. The van der Waals surface area contributed by atoms with Crippen molar-refractivity contribution in [3.63, 3.8) is 0 Å². The summed E-state index contributed by atoms with van der Waals surface area (Å²) in [6.07, 6.45) is 5.54. The van der Waals surface area contributed by atoms with Crippen molar-refractivity contribution < 1.29 is 0 Å². The quantitative estimate of drug-likeness (QED) is 0.433. The first-order chi connectivity index (χ1) is 11.3. The standard InChI is InChI=1S/C22H17N/c1-23-21-8-3-2-7-19(21)20-14-18(11-12-22(20)23)17-10-9-15-5-4-6-16(15)13-17/h2-4,6-14H,5H2,1H3. The van der Waals surface area contributed by atoms with Crippen LogP contribution in [0.5, 0.6) is 0 Å². The van der Waals surface area contributed by atoms with Crippen LogP contribution in [0.25, 0.3) is 39.0 Å². The highest BCUT2D eigenvalue weighted by Gasteiger charge is 2.10. The lowest BCUT2D eigenvalue weighted by molar-refractivity contribution is 1.01. The second kappa shape index (κ2) is 4.60. The molecule has 1 heterocycles. The molecule has 1 aliphatic rings. The molecule has 5 rings (SSSR count). The predicted octanol–water partition coefficient (Wildman–Crippen LogP) is 5.57. The Morgan fingerprint density at radius 1 is 0.783 bits per heavy atom. The third-order valence-corrected chi connectivity index (χ3v) is 5.03. The van der Waals surface area contributed by atoms with Crippen LogP contribution in [-0.2, 0) is 13.5 Å². The topological polar surface area (TPSA) is 4.93 Å². The van der Waals surface area contributed by atoms with E-state index in [2.05, 4.69) is 84.4 Å². The molecule has 0 unspecified atom stereocenters. The SMILES string of the molecule is Cn1c2ccccc2c2cc(-c3ccc4c(c3)C=CC4)ccc21. The van der Waals surface area contributed by atoms with Crippen LogP contribution in [0, 0.1) is 0 Å². The van der Waals surface area contributed by atoms with Gasteiger partial charge in [0.15, 0.2) is 0 Å². The van der Waals surface area contributed by atoms with Crippen molar-refractivity contribution in [2.75, 3.05) is 0 Å². The van der Waals surface area contributed by atoms with Gasteiger partial charge in [-0.25, -0.2) is 0 Å². The van der Waals surface area contributed by atoms with Crippen LogP contribution in [0.1, 0.15) is 11.1 Å². The van der Waals surface area contributed by atoms with E-state index in [0.717, 1.165) is 6.42 Å². The molecule has 0 fully saturated rings. The van der Waals surface area contributed by atoms with Gasteiger partial charge in [0.05, 0.1) is 0 Å². The van der Waals surface area contributed by atoms with Gasteiger partial charge < -0.3 is 4.57 Å². The largest absolute Gasteiger partial charge is 0.344 e. The van der Waals surface area contributed by atoms with Crippen molar-refractivity contribution in [2.24, 2.45) is 7.05 Å². The second-order valence-corrected chi connectivity index (χ2v) is 6.33. The van der Waals surface area contributed by atoms with Gasteiger partial charge in [0, 0.05) is 28.9 Å². The van der Waals surface area contributed by atoms with Crippen molar-refractivity contribution in [2.45, 2.75) is 6.42 Å². The number of hydrogen-bond donors (Lipinski definition) is 0. The Morgan fingerprint density at radius 2 is 1.57 bits per heavy atom. The summed E-state index contributed by atoms with van der Waals surface area (Å²) in [5.74, 6) is 0. The molecule has 23 heavy (non-hydrogen) atoms.